The molecule has 0 saturated carbocycles. The highest BCUT2D eigenvalue weighted by Gasteiger charge is 2.25. The van der Waals surface area contributed by atoms with Gasteiger partial charge in [0.1, 0.15) is 6.04 Å². The summed E-state index contributed by atoms with van der Waals surface area (Å²) in [7, 11) is 3.16. The topological polar surface area (TPSA) is 49.9 Å². The summed E-state index contributed by atoms with van der Waals surface area (Å²) in [5, 5.41) is 0. The average Bonchev–Trinajstić information content (AvgIpc) is 2.53. The summed E-state index contributed by atoms with van der Waals surface area (Å²) in [6.07, 6.45) is 0. The van der Waals surface area contributed by atoms with Crippen molar-refractivity contribution in [3.63, 3.8) is 0 Å². The van der Waals surface area contributed by atoms with E-state index in [1.165, 1.54) is 7.11 Å². The highest BCUT2D eigenvalue weighted by atomic mass is 16.5. The Morgan fingerprint density at radius 1 is 1.19 bits per heavy atom. The van der Waals surface area contributed by atoms with E-state index in [2.05, 4.69) is 0 Å². The first-order valence-electron chi connectivity index (χ1n) is 7.16. The Bertz CT molecular complexity index is 498. The molecule has 0 spiro atoms. The fourth-order valence-electron chi connectivity index (χ4n) is 2.24. The second-order valence-corrected chi connectivity index (χ2v) is 4.81. The summed E-state index contributed by atoms with van der Waals surface area (Å²) in [4.78, 5) is 27.9. The van der Waals surface area contributed by atoms with Gasteiger partial charge >= 0.3 is 5.97 Å². The number of amides is 1. The minimum absolute atomic E-state index is 0.0437. The Labute approximate surface area is 126 Å². The zero-order valence-corrected chi connectivity index (χ0v) is 13.4. The lowest BCUT2D eigenvalue weighted by molar-refractivity contribution is -0.131. The van der Waals surface area contributed by atoms with E-state index in [1.807, 2.05) is 44.9 Å². The molecule has 5 heteroatoms. The molecule has 0 aliphatic heterocycles. The van der Waals surface area contributed by atoms with Crippen LogP contribution >= 0.6 is 0 Å². The lowest BCUT2D eigenvalue weighted by Crippen LogP contribution is -2.46. The third-order valence-corrected chi connectivity index (χ3v) is 3.70. The highest BCUT2D eigenvalue weighted by molar-refractivity contribution is 5.97. The second-order valence-electron chi connectivity index (χ2n) is 4.81. The Morgan fingerprint density at radius 2 is 1.76 bits per heavy atom. The number of ether oxygens (including phenoxy) is 1. The molecule has 1 aromatic carbocycles. The molecule has 21 heavy (non-hydrogen) atoms. The van der Waals surface area contributed by atoms with E-state index >= 15 is 0 Å². The predicted octanol–water partition coefficient (Wildman–Crippen LogP) is 2.17. The number of rotatable bonds is 6. The number of carbonyl (C=O) groups is 2. The maximum absolute atomic E-state index is 12.4. The van der Waals surface area contributed by atoms with Gasteiger partial charge in [-0.1, -0.05) is 12.1 Å². The van der Waals surface area contributed by atoms with Gasteiger partial charge in [0.05, 0.1) is 18.4 Å². The van der Waals surface area contributed by atoms with E-state index in [9.17, 15) is 9.59 Å². The van der Waals surface area contributed by atoms with Gasteiger partial charge in [0.25, 0.3) is 0 Å². The van der Waals surface area contributed by atoms with E-state index in [1.54, 1.807) is 17.0 Å². The summed E-state index contributed by atoms with van der Waals surface area (Å²) in [6.45, 7) is 7.10. The van der Waals surface area contributed by atoms with Gasteiger partial charge in [-0.2, -0.15) is 0 Å². The molecular weight excluding hydrogens is 268 g/mol. The molecule has 1 atom stereocenters. The van der Waals surface area contributed by atoms with Crippen molar-refractivity contribution in [3.8, 4) is 0 Å². The van der Waals surface area contributed by atoms with Crippen LogP contribution in [-0.2, 0) is 9.53 Å². The number of nitrogens with zero attached hydrogens (tertiary/aromatic N) is 2. The molecule has 0 aliphatic rings. The molecule has 0 bridgehead atoms. The van der Waals surface area contributed by atoms with E-state index in [4.69, 9.17) is 4.74 Å². The molecule has 0 radical (unpaired) electrons. The van der Waals surface area contributed by atoms with Gasteiger partial charge in [-0.3, -0.25) is 4.79 Å². The van der Waals surface area contributed by atoms with Gasteiger partial charge < -0.3 is 14.5 Å². The Kier molecular flexibility index (Phi) is 6.21. The first-order chi connectivity index (χ1) is 9.97. The van der Waals surface area contributed by atoms with Crippen molar-refractivity contribution in [1.82, 2.24) is 4.90 Å². The van der Waals surface area contributed by atoms with Crippen LogP contribution in [0.3, 0.4) is 0 Å². The normalized spacial score (nSPS) is 11.7. The van der Waals surface area contributed by atoms with Crippen molar-refractivity contribution in [1.29, 1.82) is 0 Å². The number of hydrogen-bond acceptors (Lipinski definition) is 4. The minimum atomic E-state index is -0.403. The number of benzene rings is 1. The van der Waals surface area contributed by atoms with Crippen LogP contribution in [0.5, 0.6) is 0 Å². The molecule has 0 N–H and O–H groups in total. The molecule has 1 aromatic rings. The van der Waals surface area contributed by atoms with Crippen LogP contribution in [0.4, 0.5) is 5.69 Å². The third-order valence-electron chi connectivity index (χ3n) is 3.70. The maximum atomic E-state index is 12.4. The lowest BCUT2D eigenvalue weighted by Gasteiger charge is -2.31. The SMILES string of the molecule is CCN(CC)C(=O)C(C)N(C)c1ccccc1C(=O)OC. The van der Waals surface area contributed by atoms with Crippen LogP contribution in [0, 0.1) is 0 Å². The summed E-state index contributed by atoms with van der Waals surface area (Å²) in [5.74, 6) is -0.359. The maximum Gasteiger partial charge on any atom is 0.339 e. The quantitative estimate of drug-likeness (QED) is 0.754. The molecular formula is C16H24N2O3. The fraction of sp³-hybridized carbons (Fsp3) is 0.500. The number of likely N-dealkylation sites (N-methyl/N-ethyl adjacent to an activating group) is 2. The second kappa shape index (κ2) is 7.67. The number of hydrogen-bond donors (Lipinski definition) is 0. The molecule has 1 amide bonds. The van der Waals surface area contributed by atoms with Crippen LogP contribution in [-0.4, -0.2) is 50.1 Å². The highest BCUT2D eigenvalue weighted by Crippen LogP contribution is 2.22. The minimum Gasteiger partial charge on any atom is -0.465 e. The van der Waals surface area contributed by atoms with Crippen LogP contribution in [0.15, 0.2) is 24.3 Å². The van der Waals surface area contributed by atoms with E-state index in [-0.39, 0.29) is 11.9 Å². The molecule has 0 aliphatic carbocycles. The van der Waals surface area contributed by atoms with Crippen LogP contribution in [0.25, 0.3) is 0 Å². The zero-order valence-electron chi connectivity index (χ0n) is 13.4. The van der Waals surface area contributed by atoms with Crippen molar-refractivity contribution in [2.45, 2.75) is 26.8 Å². The number of esters is 1. The van der Waals surface area contributed by atoms with Crippen molar-refractivity contribution in [2.75, 3.05) is 32.1 Å². The summed E-state index contributed by atoms with van der Waals surface area (Å²) in [6, 6.07) is 6.79. The molecule has 1 unspecified atom stereocenters. The monoisotopic (exact) mass is 292 g/mol. The van der Waals surface area contributed by atoms with Gasteiger partial charge in [0, 0.05) is 20.1 Å². The Balaban J connectivity index is 3.05. The van der Waals surface area contributed by atoms with Crippen LogP contribution in [0.2, 0.25) is 0 Å². The van der Waals surface area contributed by atoms with Crippen LogP contribution < -0.4 is 4.90 Å². The Morgan fingerprint density at radius 3 is 2.29 bits per heavy atom. The fourth-order valence-corrected chi connectivity index (χ4v) is 2.24. The number of para-hydroxylation sites is 1. The molecule has 0 aromatic heterocycles. The molecule has 5 nitrogen and oxygen atoms in total. The number of anilines is 1. The van der Waals surface area contributed by atoms with Crippen molar-refractivity contribution >= 4 is 17.6 Å². The van der Waals surface area contributed by atoms with Gasteiger partial charge in [-0.15, -0.1) is 0 Å². The zero-order chi connectivity index (χ0) is 16.0. The summed E-state index contributed by atoms with van der Waals surface area (Å²) >= 11 is 0. The largest absolute Gasteiger partial charge is 0.465 e. The number of carbonyl (C=O) groups excluding carboxylic acids is 2. The van der Waals surface area contributed by atoms with Crippen molar-refractivity contribution < 1.29 is 14.3 Å². The van der Waals surface area contributed by atoms with E-state index < -0.39 is 5.97 Å². The first-order valence-corrected chi connectivity index (χ1v) is 7.16. The van der Waals surface area contributed by atoms with Gasteiger partial charge in [-0.05, 0) is 32.9 Å². The van der Waals surface area contributed by atoms with Crippen molar-refractivity contribution in [3.05, 3.63) is 29.8 Å². The smallest absolute Gasteiger partial charge is 0.339 e. The van der Waals surface area contributed by atoms with Gasteiger partial charge in [0.15, 0.2) is 0 Å². The standard InChI is InChI=1S/C16H24N2O3/c1-6-18(7-2)15(19)12(3)17(4)14-11-9-8-10-13(14)16(20)21-5/h8-12H,6-7H2,1-5H3. The molecule has 0 fully saturated rings. The molecule has 116 valence electrons. The van der Waals surface area contributed by atoms with Gasteiger partial charge in [0.2, 0.25) is 5.91 Å². The van der Waals surface area contributed by atoms with Gasteiger partial charge in [-0.25, -0.2) is 4.79 Å². The van der Waals surface area contributed by atoms with E-state index in [0.29, 0.717) is 24.3 Å². The first kappa shape index (κ1) is 17.0. The molecule has 0 heterocycles. The van der Waals surface area contributed by atoms with Crippen LogP contribution in [0.1, 0.15) is 31.1 Å². The lowest BCUT2D eigenvalue weighted by atomic mass is 10.1. The summed E-state index contributed by atoms with van der Waals surface area (Å²) in [5.41, 5.74) is 1.15. The summed E-state index contributed by atoms with van der Waals surface area (Å²) < 4.78 is 4.80. The molecule has 1 rings (SSSR count). The van der Waals surface area contributed by atoms with E-state index in [0.717, 1.165) is 0 Å². The van der Waals surface area contributed by atoms with Crippen molar-refractivity contribution in [2.24, 2.45) is 0 Å². The molecule has 0 saturated heterocycles. The Hall–Kier alpha value is -2.04. The number of methoxy groups -OCH3 is 1. The predicted molar refractivity (Wildman–Crippen MR) is 83.6 cm³/mol. The average molecular weight is 292 g/mol. The third kappa shape index (κ3) is 3.74.